The number of rotatable bonds is 6. The smallest absolute Gasteiger partial charge is 0.274 e. The van der Waals surface area contributed by atoms with Crippen LogP contribution in [0.15, 0.2) is 66.9 Å². The zero-order valence-corrected chi connectivity index (χ0v) is 15.2. The van der Waals surface area contributed by atoms with Gasteiger partial charge in [-0.05, 0) is 48.4 Å². The molecule has 0 unspecified atom stereocenters. The molecule has 2 aromatic carbocycles. The lowest BCUT2D eigenvalue weighted by molar-refractivity contribution is 0.102. The summed E-state index contributed by atoms with van der Waals surface area (Å²) in [7, 11) is 0. The van der Waals surface area contributed by atoms with Crippen molar-refractivity contribution in [3.63, 3.8) is 0 Å². The first-order chi connectivity index (χ1) is 13.2. The Morgan fingerprint density at radius 2 is 1.85 bits per heavy atom. The molecule has 0 fully saturated rings. The van der Waals surface area contributed by atoms with Gasteiger partial charge in [-0.3, -0.25) is 4.79 Å². The van der Waals surface area contributed by atoms with Crippen molar-refractivity contribution in [3.8, 4) is 6.07 Å². The SMILES string of the molecule is N#Cc1ccccc1NC(=O)c1ccc(NCCc2ccc(Cl)cc2)cn1. The summed E-state index contributed by atoms with van der Waals surface area (Å²) in [5, 5.41) is 15.8. The molecule has 134 valence electrons. The largest absolute Gasteiger partial charge is 0.383 e. The summed E-state index contributed by atoms with van der Waals surface area (Å²) in [5.41, 5.74) is 3.18. The summed E-state index contributed by atoms with van der Waals surface area (Å²) in [6, 6.07) is 20.1. The quantitative estimate of drug-likeness (QED) is 0.663. The number of anilines is 2. The highest BCUT2D eigenvalue weighted by molar-refractivity contribution is 6.30. The van der Waals surface area contributed by atoms with E-state index in [0.29, 0.717) is 11.3 Å². The van der Waals surface area contributed by atoms with Crippen LogP contribution in [0.1, 0.15) is 21.6 Å². The standard InChI is InChI=1S/C21H17ClN4O/c22-17-7-5-15(6-8-17)11-12-24-18-9-10-20(25-14-18)21(27)26-19-4-2-1-3-16(19)13-23/h1-10,14,24H,11-12H2,(H,26,27). The molecule has 0 aliphatic rings. The first kappa shape index (κ1) is 18.4. The van der Waals surface area contributed by atoms with Crippen molar-refractivity contribution in [1.82, 2.24) is 4.98 Å². The maximum Gasteiger partial charge on any atom is 0.274 e. The number of halogens is 1. The number of nitriles is 1. The van der Waals surface area contributed by atoms with Crippen molar-refractivity contribution in [3.05, 3.63) is 88.7 Å². The maximum atomic E-state index is 12.3. The van der Waals surface area contributed by atoms with Gasteiger partial charge in [-0.15, -0.1) is 0 Å². The highest BCUT2D eigenvalue weighted by Gasteiger charge is 2.10. The Hall–Kier alpha value is -3.36. The summed E-state index contributed by atoms with van der Waals surface area (Å²) >= 11 is 5.88. The molecule has 6 heteroatoms. The number of pyridine rings is 1. The first-order valence-corrected chi connectivity index (χ1v) is 8.78. The Morgan fingerprint density at radius 3 is 2.56 bits per heavy atom. The Morgan fingerprint density at radius 1 is 1.07 bits per heavy atom. The number of benzene rings is 2. The van der Waals surface area contributed by atoms with Gasteiger partial charge < -0.3 is 10.6 Å². The monoisotopic (exact) mass is 376 g/mol. The average molecular weight is 377 g/mol. The molecule has 0 aliphatic carbocycles. The van der Waals surface area contributed by atoms with Crippen LogP contribution in [-0.2, 0) is 6.42 Å². The molecule has 0 saturated carbocycles. The van der Waals surface area contributed by atoms with Crippen molar-refractivity contribution in [2.24, 2.45) is 0 Å². The number of aromatic nitrogens is 1. The second-order valence-corrected chi connectivity index (χ2v) is 6.28. The van der Waals surface area contributed by atoms with Crippen molar-refractivity contribution in [2.75, 3.05) is 17.2 Å². The molecule has 0 spiro atoms. The molecule has 0 bridgehead atoms. The first-order valence-electron chi connectivity index (χ1n) is 8.40. The number of carbonyl (C=O) groups excluding carboxylic acids is 1. The van der Waals surface area contributed by atoms with Gasteiger partial charge in [0, 0.05) is 11.6 Å². The minimum Gasteiger partial charge on any atom is -0.383 e. The molecule has 0 radical (unpaired) electrons. The van der Waals surface area contributed by atoms with Crippen LogP contribution in [0.4, 0.5) is 11.4 Å². The molecule has 1 aromatic heterocycles. The fourth-order valence-electron chi connectivity index (χ4n) is 2.51. The number of nitrogens with zero attached hydrogens (tertiary/aromatic N) is 2. The summed E-state index contributed by atoms with van der Waals surface area (Å²) in [5.74, 6) is -0.356. The van der Waals surface area contributed by atoms with Crippen LogP contribution in [0.3, 0.4) is 0 Å². The second kappa shape index (κ2) is 8.84. The molecule has 3 rings (SSSR count). The molecular formula is C21H17ClN4O. The lowest BCUT2D eigenvalue weighted by Crippen LogP contribution is -2.14. The van der Waals surface area contributed by atoms with E-state index in [1.807, 2.05) is 30.3 Å². The van der Waals surface area contributed by atoms with Crippen molar-refractivity contribution in [1.29, 1.82) is 5.26 Å². The summed E-state index contributed by atoms with van der Waals surface area (Å²) < 4.78 is 0. The third-order valence-corrected chi connectivity index (χ3v) is 4.20. The lowest BCUT2D eigenvalue weighted by atomic mass is 10.1. The number of hydrogen-bond donors (Lipinski definition) is 2. The van der Waals surface area contributed by atoms with Gasteiger partial charge in [-0.1, -0.05) is 35.9 Å². The van der Waals surface area contributed by atoms with Gasteiger partial charge in [-0.2, -0.15) is 5.26 Å². The summed E-state index contributed by atoms with van der Waals surface area (Å²) in [4.78, 5) is 16.5. The average Bonchev–Trinajstić information content (AvgIpc) is 2.70. The number of para-hydroxylation sites is 1. The molecule has 1 heterocycles. The molecule has 3 aromatic rings. The van der Waals surface area contributed by atoms with Crippen LogP contribution in [0.2, 0.25) is 5.02 Å². The summed E-state index contributed by atoms with van der Waals surface area (Å²) in [6.45, 7) is 0.740. The van der Waals surface area contributed by atoms with E-state index in [1.165, 1.54) is 5.56 Å². The fourth-order valence-corrected chi connectivity index (χ4v) is 2.64. The molecule has 0 atom stereocenters. The topological polar surface area (TPSA) is 77.8 Å². The van der Waals surface area contributed by atoms with Gasteiger partial charge in [-0.25, -0.2) is 4.98 Å². The van der Waals surface area contributed by atoms with Crippen LogP contribution < -0.4 is 10.6 Å². The van der Waals surface area contributed by atoms with Gasteiger partial charge in [0.2, 0.25) is 0 Å². The number of hydrogen-bond acceptors (Lipinski definition) is 4. The fraction of sp³-hybridized carbons (Fsp3) is 0.0952. The van der Waals surface area contributed by atoms with Crippen molar-refractivity contribution in [2.45, 2.75) is 6.42 Å². The van der Waals surface area contributed by atoms with E-state index in [0.717, 1.165) is 23.7 Å². The summed E-state index contributed by atoms with van der Waals surface area (Å²) in [6.07, 6.45) is 2.47. The van der Waals surface area contributed by atoms with E-state index in [2.05, 4.69) is 15.6 Å². The normalized spacial score (nSPS) is 10.1. The van der Waals surface area contributed by atoms with E-state index in [-0.39, 0.29) is 11.6 Å². The molecule has 2 N–H and O–H groups in total. The van der Waals surface area contributed by atoms with Crippen LogP contribution in [-0.4, -0.2) is 17.4 Å². The molecule has 5 nitrogen and oxygen atoms in total. The Balaban J connectivity index is 1.55. The predicted molar refractivity (Wildman–Crippen MR) is 107 cm³/mol. The van der Waals surface area contributed by atoms with E-state index in [1.54, 1.807) is 42.6 Å². The molecule has 0 aliphatic heterocycles. The van der Waals surface area contributed by atoms with Crippen LogP contribution >= 0.6 is 11.6 Å². The van der Waals surface area contributed by atoms with Crippen LogP contribution in [0.5, 0.6) is 0 Å². The maximum absolute atomic E-state index is 12.3. The van der Waals surface area contributed by atoms with Crippen molar-refractivity contribution >= 4 is 28.9 Å². The van der Waals surface area contributed by atoms with E-state index in [9.17, 15) is 4.79 Å². The van der Waals surface area contributed by atoms with E-state index < -0.39 is 0 Å². The van der Waals surface area contributed by atoms with E-state index in [4.69, 9.17) is 16.9 Å². The zero-order valence-electron chi connectivity index (χ0n) is 14.4. The molecular weight excluding hydrogens is 360 g/mol. The molecule has 27 heavy (non-hydrogen) atoms. The Labute approximate surface area is 162 Å². The van der Waals surface area contributed by atoms with Gasteiger partial charge in [0.25, 0.3) is 5.91 Å². The minimum atomic E-state index is -0.356. The minimum absolute atomic E-state index is 0.283. The highest BCUT2D eigenvalue weighted by Crippen LogP contribution is 2.15. The van der Waals surface area contributed by atoms with Crippen LogP contribution in [0, 0.1) is 11.3 Å². The zero-order chi connectivity index (χ0) is 19.1. The Kier molecular flexibility index (Phi) is 6.03. The van der Waals surface area contributed by atoms with Gasteiger partial charge in [0.05, 0.1) is 23.1 Å². The lowest BCUT2D eigenvalue weighted by Gasteiger charge is -2.08. The van der Waals surface area contributed by atoms with Crippen LogP contribution in [0.25, 0.3) is 0 Å². The van der Waals surface area contributed by atoms with E-state index >= 15 is 0 Å². The molecule has 1 amide bonds. The number of amides is 1. The highest BCUT2D eigenvalue weighted by atomic mass is 35.5. The van der Waals surface area contributed by atoms with Gasteiger partial charge in [0.15, 0.2) is 0 Å². The second-order valence-electron chi connectivity index (χ2n) is 5.85. The third kappa shape index (κ3) is 5.06. The number of carbonyl (C=O) groups is 1. The third-order valence-electron chi connectivity index (χ3n) is 3.95. The van der Waals surface area contributed by atoms with Gasteiger partial charge in [0.1, 0.15) is 11.8 Å². The van der Waals surface area contributed by atoms with Crippen molar-refractivity contribution < 1.29 is 4.79 Å². The number of nitrogens with one attached hydrogen (secondary N) is 2. The van der Waals surface area contributed by atoms with Gasteiger partial charge >= 0.3 is 0 Å². The Bertz CT molecular complexity index is 963. The predicted octanol–water partition coefficient (Wildman–Crippen LogP) is 4.51. The molecule has 0 saturated heterocycles.